The third kappa shape index (κ3) is 3.54. The van der Waals surface area contributed by atoms with Crippen LogP contribution in [-0.4, -0.2) is 21.5 Å². The van der Waals surface area contributed by atoms with Crippen LogP contribution in [0.3, 0.4) is 0 Å². The van der Waals surface area contributed by atoms with Crippen LogP contribution in [0.25, 0.3) is 0 Å². The molecule has 116 valence electrons. The van der Waals surface area contributed by atoms with Gasteiger partial charge in [0.2, 0.25) is 0 Å². The van der Waals surface area contributed by atoms with Crippen molar-refractivity contribution in [1.29, 1.82) is 0 Å². The van der Waals surface area contributed by atoms with Crippen LogP contribution in [0.4, 0.5) is 0 Å². The molecule has 0 aliphatic rings. The summed E-state index contributed by atoms with van der Waals surface area (Å²) in [6.45, 7) is 3.68. The Morgan fingerprint density at radius 1 is 1.05 bits per heavy atom. The lowest BCUT2D eigenvalue weighted by Crippen LogP contribution is -2.11. The maximum atomic E-state index is 12.5. The van der Waals surface area contributed by atoms with Crippen LogP contribution in [-0.2, 0) is 20.3 Å². The normalized spacial score (nSPS) is 11.2. The highest BCUT2D eigenvalue weighted by atomic mass is 32.2. The van der Waals surface area contributed by atoms with Gasteiger partial charge < -0.3 is 4.74 Å². The Kier molecular flexibility index (Phi) is 4.66. The van der Waals surface area contributed by atoms with Crippen LogP contribution in [0.15, 0.2) is 47.4 Å². The first-order valence-electron chi connectivity index (χ1n) is 6.81. The lowest BCUT2D eigenvalue weighted by atomic mass is 10.1. The van der Waals surface area contributed by atoms with Crippen molar-refractivity contribution in [2.45, 2.75) is 24.5 Å². The SMILES string of the molecule is COC(=O)c1cc(C)ccc1CS(=O)(=O)c1cccc(C)c1. The number of aryl methyl sites for hydroxylation is 2. The number of methoxy groups -OCH3 is 1. The van der Waals surface area contributed by atoms with Crippen molar-refractivity contribution in [3.8, 4) is 0 Å². The Balaban J connectivity index is 2.44. The predicted molar refractivity (Wildman–Crippen MR) is 84.6 cm³/mol. The van der Waals surface area contributed by atoms with Crippen molar-refractivity contribution in [2.75, 3.05) is 7.11 Å². The molecule has 0 unspecified atom stereocenters. The van der Waals surface area contributed by atoms with Crippen molar-refractivity contribution in [3.63, 3.8) is 0 Å². The van der Waals surface area contributed by atoms with E-state index in [0.29, 0.717) is 11.1 Å². The van der Waals surface area contributed by atoms with Gasteiger partial charge in [0.25, 0.3) is 0 Å². The van der Waals surface area contributed by atoms with E-state index in [9.17, 15) is 13.2 Å². The molecule has 5 heteroatoms. The molecule has 0 saturated heterocycles. The highest BCUT2D eigenvalue weighted by molar-refractivity contribution is 7.90. The van der Waals surface area contributed by atoms with E-state index in [1.807, 2.05) is 19.9 Å². The highest BCUT2D eigenvalue weighted by Crippen LogP contribution is 2.21. The minimum absolute atomic E-state index is 0.235. The number of benzene rings is 2. The zero-order valence-electron chi connectivity index (χ0n) is 12.8. The molecule has 0 saturated carbocycles. The third-order valence-corrected chi connectivity index (χ3v) is 5.03. The third-order valence-electron chi connectivity index (χ3n) is 3.36. The van der Waals surface area contributed by atoms with Gasteiger partial charge in [-0.3, -0.25) is 0 Å². The fraction of sp³-hybridized carbons (Fsp3) is 0.235. The van der Waals surface area contributed by atoms with E-state index < -0.39 is 15.8 Å². The molecule has 0 aromatic heterocycles. The zero-order chi connectivity index (χ0) is 16.3. The Morgan fingerprint density at radius 3 is 2.36 bits per heavy atom. The molecule has 0 radical (unpaired) electrons. The van der Waals surface area contributed by atoms with Crippen LogP contribution in [0.1, 0.15) is 27.0 Å². The fourth-order valence-corrected chi connectivity index (χ4v) is 3.69. The molecule has 22 heavy (non-hydrogen) atoms. The average molecular weight is 318 g/mol. The van der Waals surface area contributed by atoms with Crippen molar-refractivity contribution < 1.29 is 17.9 Å². The largest absolute Gasteiger partial charge is 0.465 e. The lowest BCUT2D eigenvalue weighted by Gasteiger charge is -2.10. The maximum Gasteiger partial charge on any atom is 0.338 e. The van der Waals surface area contributed by atoms with E-state index in [1.54, 1.807) is 36.4 Å². The van der Waals surface area contributed by atoms with E-state index in [1.165, 1.54) is 7.11 Å². The molecule has 2 rings (SSSR count). The van der Waals surface area contributed by atoms with E-state index in [0.717, 1.165) is 11.1 Å². The molecule has 0 spiro atoms. The van der Waals surface area contributed by atoms with Crippen LogP contribution >= 0.6 is 0 Å². The highest BCUT2D eigenvalue weighted by Gasteiger charge is 2.20. The molecule has 0 fully saturated rings. The second-order valence-corrected chi connectivity index (χ2v) is 7.22. The van der Waals surface area contributed by atoms with Crippen molar-refractivity contribution >= 4 is 15.8 Å². The monoisotopic (exact) mass is 318 g/mol. The van der Waals surface area contributed by atoms with Gasteiger partial charge in [0.15, 0.2) is 9.84 Å². The molecule has 0 N–H and O–H groups in total. The quantitative estimate of drug-likeness (QED) is 0.813. The number of carbonyl (C=O) groups excluding carboxylic acids is 1. The summed E-state index contributed by atoms with van der Waals surface area (Å²) in [5.74, 6) is -0.764. The van der Waals surface area contributed by atoms with Gasteiger partial charge in [-0.15, -0.1) is 0 Å². The van der Waals surface area contributed by atoms with Gasteiger partial charge in [-0.2, -0.15) is 0 Å². The standard InChI is InChI=1S/C17H18O4S/c1-12-5-4-6-15(9-12)22(19,20)11-14-8-7-13(2)10-16(14)17(18)21-3/h4-10H,11H2,1-3H3. The number of hydrogen-bond acceptors (Lipinski definition) is 4. The molecular formula is C17H18O4S. The minimum Gasteiger partial charge on any atom is -0.465 e. The fourth-order valence-electron chi connectivity index (χ4n) is 2.21. The molecule has 0 aliphatic heterocycles. The minimum atomic E-state index is -3.52. The molecule has 2 aromatic carbocycles. The van der Waals surface area contributed by atoms with Gasteiger partial charge in [0.05, 0.1) is 23.3 Å². The number of rotatable bonds is 4. The van der Waals surface area contributed by atoms with Crippen molar-refractivity contribution in [1.82, 2.24) is 0 Å². The van der Waals surface area contributed by atoms with Crippen LogP contribution < -0.4 is 0 Å². The Labute approximate surface area is 130 Å². The van der Waals surface area contributed by atoms with E-state index in [-0.39, 0.29) is 10.6 Å². The summed E-state index contributed by atoms with van der Waals surface area (Å²) in [6, 6.07) is 11.8. The second-order valence-electron chi connectivity index (χ2n) is 5.23. The Bertz CT molecular complexity index is 807. The first kappa shape index (κ1) is 16.2. The molecule has 4 nitrogen and oxygen atoms in total. The van der Waals surface area contributed by atoms with Crippen molar-refractivity contribution in [2.24, 2.45) is 0 Å². The molecule has 0 amide bonds. The molecule has 0 bridgehead atoms. The summed E-state index contributed by atoms with van der Waals surface area (Å²) in [5.41, 5.74) is 2.48. The summed E-state index contributed by atoms with van der Waals surface area (Å²) in [7, 11) is -2.24. The average Bonchev–Trinajstić information content (AvgIpc) is 2.48. The lowest BCUT2D eigenvalue weighted by molar-refractivity contribution is 0.0599. The molecule has 0 atom stereocenters. The van der Waals surface area contributed by atoms with Gasteiger partial charge in [0.1, 0.15) is 0 Å². The molecule has 0 heterocycles. The zero-order valence-corrected chi connectivity index (χ0v) is 13.6. The first-order valence-corrected chi connectivity index (χ1v) is 8.46. The van der Waals surface area contributed by atoms with E-state index in [4.69, 9.17) is 4.74 Å². The van der Waals surface area contributed by atoms with Gasteiger partial charge in [-0.25, -0.2) is 13.2 Å². The van der Waals surface area contributed by atoms with Crippen LogP contribution in [0.2, 0.25) is 0 Å². The first-order chi connectivity index (χ1) is 10.3. The summed E-state index contributed by atoms with van der Waals surface area (Å²) in [4.78, 5) is 12.1. The molecule has 0 aliphatic carbocycles. The predicted octanol–water partition coefficient (Wildman–Crippen LogP) is 3.06. The smallest absolute Gasteiger partial charge is 0.338 e. The van der Waals surface area contributed by atoms with E-state index in [2.05, 4.69) is 0 Å². The van der Waals surface area contributed by atoms with Gasteiger partial charge in [-0.1, -0.05) is 29.8 Å². The summed E-state index contributed by atoms with van der Waals surface area (Å²) in [5, 5.41) is 0. The van der Waals surface area contributed by atoms with Crippen LogP contribution in [0.5, 0.6) is 0 Å². The second kappa shape index (κ2) is 6.32. The van der Waals surface area contributed by atoms with Crippen LogP contribution in [0, 0.1) is 13.8 Å². The summed E-state index contributed by atoms with van der Waals surface area (Å²) >= 11 is 0. The number of carbonyl (C=O) groups is 1. The number of sulfone groups is 1. The van der Waals surface area contributed by atoms with Gasteiger partial charge in [-0.05, 0) is 43.2 Å². The van der Waals surface area contributed by atoms with Gasteiger partial charge in [0, 0.05) is 0 Å². The van der Waals surface area contributed by atoms with E-state index >= 15 is 0 Å². The Hall–Kier alpha value is -2.14. The number of hydrogen-bond donors (Lipinski definition) is 0. The van der Waals surface area contributed by atoms with Crippen molar-refractivity contribution in [3.05, 3.63) is 64.7 Å². The molecular weight excluding hydrogens is 300 g/mol. The summed E-state index contributed by atoms with van der Waals surface area (Å²) < 4.78 is 29.8. The molecule has 2 aromatic rings. The summed E-state index contributed by atoms with van der Waals surface area (Å²) in [6.07, 6.45) is 0. The number of esters is 1. The topological polar surface area (TPSA) is 60.4 Å². The maximum absolute atomic E-state index is 12.5. The number of ether oxygens (including phenoxy) is 1. The van der Waals surface area contributed by atoms with Gasteiger partial charge >= 0.3 is 5.97 Å². The Morgan fingerprint density at radius 2 is 1.73 bits per heavy atom.